The van der Waals surface area contributed by atoms with Crippen molar-refractivity contribution < 1.29 is 9.53 Å². The minimum atomic E-state index is -0.371. The van der Waals surface area contributed by atoms with Gasteiger partial charge in [-0.05, 0) is 6.92 Å². The summed E-state index contributed by atoms with van der Waals surface area (Å²) in [7, 11) is 1.34. The van der Waals surface area contributed by atoms with Gasteiger partial charge in [-0.3, -0.25) is 0 Å². The topological polar surface area (TPSA) is 39.2 Å². The quantitative estimate of drug-likeness (QED) is 0.576. The molecule has 0 aliphatic carbocycles. The molecule has 0 amide bonds. The maximum absolute atomic E-state index is 10.7. The Bertz CT molecular complexity index is 244. The van der Waals surface area contributed by atoms with E-state index in [4.69, 9.17) is 0 Å². The van der Waals surface area contributed by atoms with E-state index in [1.807, 2.05) is 6.92 Å². The molecule has 0 atom stereocenters. The van der Waals surface area contributed by atoms with Crippen molar-refractivity contribution in [3.05, 3.63) is 16.1 Å². The van der Waals surface area contributed by atoms with E-state index in [1.54, 1.807) is 5.38 Å². The summed E-state index contributed by atoms with van der Waals surface area (Å²) in [5, 5.41) is 2.56. The van der Waals surface area contributed by atoms with Crippen LogP contribution < -0.4 is 0 Å². The number of methoxy groups -OCH3 is 1. The van der Waals surface area contributed by atoms with Crippen LogP contribution in [0.1, 0.15) is 15.5 Å². The first-order valence-corrected chi connectivity index (χ1v) is 3.62. The van der Waals surface area contributed by atoms with Crippen molar-refractivity contribution >= 4 is 17.3 Å². The first kappa shape index (κ1) is 7.21. The van der Waals surface area contributed by atoms with Crippen LogP contribution >= 0.6 is 11.3 Å². The third-order valence-electron chi connectivity index (χ3n) is 1.01. The van der Waals surface area contributed by atoms with Crippen molar-refractivity contribution in [1.29, 1.82) is 0 Å². The molecule has 0 saturated heterocycles. The van der Waals surface area contributed by atoms with E-state index >= 15 is 0 Å². The maximum atomic E-state index is 10.7. The van der Waals surface area contributed by atoms with Crippen LogP contribution in [0.2, 0.25) is 0 Å². The minimum Gasteiger partial charge on any atom is -0.464 e. The zero-order valence-electron chi connectivity index (χ0n) is 5.75. The van der Waals surface area contributed by atoms with Crippen LogP contribution in [0.15, 0.2) is 5.38 Å². The van der Waals surface area contributed by atoms with Gasteiger partial charge in [-0.2, -0.15) is 0 Å². The fourth-order valence-electron chi connectivity index (χ4n) is 0.562. The van der Waals surface area contributed by atoms with E-state index in [0.29, 0.717) is 5.69 Å². The molecule has 0 aliphatic heterocycles. The van der Waals surface area contributed by atoms with E-state index in [0.717, 1.165) is 5.01 Å². The Labute approximate surface area is 62.7 Å². The summed E-state index contributed by atoms with van der Waals surface area (Å²) >= 11 is 1.44. The first-order chi connectivity index (χ1) is 4.74. The number of carbonyl (C=O) groups is 1. The lowest BCUT2D eigenvalue weighted by molar-refractivity contribution is 0.0595. The fraction of sp³-hybridized carbons (Fsp3) is 0.333. The molecule has 3 nitrogen and oxygen atoms in total. The molecular weight excluding hydrogens is 150 g/mol. The highest BCUT2D eigenvalue weighted by atomic mass is 32.1. The summed E-state index contributed by atoms with van der Waals surface area (Å²) in [5.74, 6) is -0.371. The lowest BCUT2D eigenvalue weighted by Gasteiger charge is -1.89. The Hall–Kier alpha value is -0.900. The highest BCUT2D eigenvalue weighted by Crippen LogP contribution is 2.08. The molecule has 1 aromatic rings. The molecule has 0 bridgehead atoms. The molecular formula is C6H7NO2S. The number of ether oxygens (including phenoxy) is 1. The smallest absolute Gasteiger partial charge is 0.357 e. The molecule has 0 saturated carbocycles. The van der Waals surface area contributed by atoms with Crippen LogP contribution in [0.3, 0.4) is 0 Å². The molecule has 0 radical (unpaired) electrons. The Balaban J connectivity index is 2.85. The number of aryl methyl sites for hydroxylation is 1. The highest BCUT2D eigenvalue weighted by molar-refractivity contribution is 7.09. The monoisotopic (exact) mass is 157 g/mol. The van der Waals surface area contributed by atoms with Gasteiger partial charge in [0, 0.05) is 5.38 Å². The molecule has 54 valence electrons. The van der Waals surface area contributed by atoms with Gasteiger partial charge in [-0.15, -0.1) is 11.3 Å². The summed E-state index contributed by atoms with van der Waals surface area (Å²) in [6.07, 6.45) is 0. The normalized spacial score (nSPS) is 9.40. The van der Waals surface area contributed by atoms with Crippen molar-refractivity contribution in [3.63, 3.8) is 0 Å². The van der Waals surface area contributed by atoms with Crippen molar-refractivity contribution in [2.75, 3.05) is 7.11 Å². The van der Waals surface area contributed by atoms with Crippen molar-refractivity contribution in [2.24, 2.45) is 0 Å². The number of hydrogen-bond acceptors (Lipinski definition) is 4. The zero-order chi connectivity index (χ0) is 7.56. The van der Waals surface area contributed by atoms with E-state index < -0.39 is 0 Å². The molecule has 0 aromatic carbocycles. The van der Waals surface area contributed by atoms with Gasteiger partial charge < -0.3 is 4.74 Å². The van der Waals surface area contributed by atoms with E-state index in [-0.39, 0.29) is 5.97 Å². The summed E-state index contributed by atoms with van der Waals surface area (Å²) in [6.45, 7) is 1.84. The molecule has 0 spiro atoms. The van der Waals surface area contributed by atoms with Gasteiger partial charge in [0.05, 0.1) is 12.1 Å². The van der Waals surface area contributed by atoms with Gasteiger partial charge >= 0.3 is 5.97 Å². The number of rotatable bonds is 1. The Morgan fingerprint density at radius 2 is 2.50 bits per heavy atom. The van der Waals surface area contributed by atoms with Crippen LogP contribution in [0.5, 0.6) is 0 Å². The molecule has 1 aromatic heterocycles. The summed E-state index contributed by atoms with van der Waals surface area (Å²) in [5.41, 5.74) is 0.394. The average molecular weight is 157 g/mol. The van der Waals surface area contributed by atoms with Gasteiger partial charge in [-0.25, -0.2) is 9.78 Å². The maximum Gasteiger partial charge on any atom is 0.357 e. The average Bonchev–Trinajstić information content (AvgIpc) is 2.34. The second-order valence-corrected chi connectivity index (χ2v) is 2.81. The Morgan fingerprint density at radius 1 is 1.80 bits per heavy atom. The molecule has 0 N–H and O–H groups in total. The molecule has 1 rings (SSSR count). The van der Waals surface area contributed by atoms with Gasteiger partial charge in [0.25, 0.3) is 0 Å². The number of aromatic nitrogens is 1. The summed E-state index contributed by atoms with van der Waals surface area (Å²) < 4.78 is 4.45. The SMILES string of the molecule is COC(=O)c1csc(C)n1. The molecule has 0 aliphatic rings. The lowest BCUT2D eigenvalue weighted by atomic mass is 10.5. The number of hydrogen-bond donors (Lipinski definition) is 0. The largest absolute Gasteiger partial charge is 0.464 e. The van der Waals surface area contributed by atoms with Crippen LogP contribution in [0, 0.1) is 6.92 Å². The molecule has 10 heavy (non-hydrogen) atoms. The van der Waals surface area contributed by atoms with Crippen LogP contribution in [-0.4, -0.2) is 18.1 Å². The van der Waals surface area contributed by atoms with E-state index in [1.165, 1.54) is 18.4 Å². The van der Waals surface area contributed by atoms with Crippen molar-refractivity contribution in [1.82, 2.24) is 4.98 Å². The third-order valence-corrected chi connectivity index (χ3v) is 1.79. The van der Waals surface area contributed by atoms with Crippen LogP contribution in [0.4, 0.5) is 0 Å². The van der Waals surface area contributed by atoms with Crippen LogP contribution in [-0.2, 0) is 4.74 Å². The number of carbonyl (C=O) groups excluding carboxylic acids is 1. The zero-order valence-corrected chi connectivity index (χ0v) is 6.57. The highest BCUT2D eigenvalue weighted by Gasteiger charge is 2.07. The fourth-order valence-corrected chi connectivity index (χ4v) is 1.14. The number of nitrogens with zero attached hydrogens (tertiary/aromatic N) is 1. The minimum absolute atomic E-state index is 0.371. The molecule has 0 unspecified atom stereocenters. The third kappa shape index (κ3) is 1.33. The predicted octanol–water partition coefficient (Wildman–Crippen LogP) is 1.24. The second kappa shape index (κ2) is 2.79. The van der Waals surface area contributed by atoms with E-state index in [9.17, 15) is 4.79 Å². The molecule has 0 fully saturated rings. The number of esters is 1. The Morgan fingerprint density at radius 3 is 2.90 bits per heavy atom. The second-order valence-electron chi connectivity index (χ2n) is 1.74. The predicted molar refractivity (Wildman–Crippen MR) is 38.2 cm³/mol. The van der Waals surface area contributed by atoms with Crippen LogP contribution in [0.25, 0.3) is 0 Å². The first-order valence-electron chi connectivity index (χ1n) is 2.74. The van der Waals surface area contributed by atoms with Gasteiger partial charge in [0.2, 0.25) is 0 Å². The van der Waals surface area contributed by atoms with Gasteiger partial charge in [-0.1, -0.05) is 0 Å². The van der Waals surface area contributed by atoms with E-state index in [2.05, 4.69) is 9.72 Å². The number of thiazole rings is 1. The van der Waals surface area contributed by atoms with Crippen molar-refractivity contribution in [3.8, 4) is 0 Å². The summed E-state index contributed by atoms with van der Waals surface area (Å²) in [4.78, 5) is 14.7. The van der Waals surface area contributed by atoms with Gasteiger partial charge in [0.15, 0.2) is 5.69 Å². The lowest BCUT2D eigenvalue weighted by Crippen LogP contribution is -2.00. The molecule has 4 heteroatoms. The van der Waals surface area contributed by atoms with Crippen molar-refractivity contribution in [2.45, 2.75) is 6.92 Å². The molecule has 1 heterocycles. The standard InChI is InChI=1S/C6H7NO2S/c1-4-7-5(3-10-4)6(8)9-2/h3H,1-2H3. The van der Waals surface area contributed by atoms with Gasteiger partial charge in [0.1, 0.15) is 0 Å². The summed E-state index contributed by atoms with van der Waals surface area (Å²) in [6, 6.07) is 0. The Kier molecular flexibility index (Phi) is 2.01.